The van der Waals surface area contributed by atoms with Gasteiger partial charge in [0.1, 0.15) is 24.0 Å². The molecule has 2 N–H and O–H groups in total. The van der Waals surface area contributed by atoms with Crippen LogP contribution >= 0.6 is 0 Å². The van der Waals surface area contributed by atoms with Gasteiger partial charge < -0.3 is 15.4 Å². The van der Waals surface area contributed by atoms with Crippen molar-refractivity contribution in [2.45, 2.75) is 6.54 Å². The second-order valence-corrected chi connectivity index (χ2v) is 5.49. The van der Waals surface area contributed by atoms with E-state index in [-0.39, 0.29) is 5.82 Å². The Labute approximate surface area is 146 Å². The van der Waals surface area contributed by atoms with Gasteiger partial charge in [0.2, 0.25) is 0 Å². The molecule has 0 unspecified atom stereocenters. The van der Waals surface area contributed by atoms with Gasteiger partial charge in [-0.3, -0.25) is 0 Å². The Morgan fingerprint density at radius 1 is 0.880 bits per heavy atom. The van der Waals surface area contributed by atoms with E-state index in [1.54, 1.807) is 18.3 Å². The molecule has 2 aromatic carbocycles. The van der Waals surface area contributed by atoms with E-state index in [1.807, 2.05) is 42.5 Å². The summed E-state index contributed by atoms with van der Waals surface area (Å²) in [5, 5.41) is 6.45. The minimum absolute atomic E-state index is 0.232. The van der Waals surface area contributed by atoms with Gasteiger partial charge in [0, 0.05) is 18.4 Å². The maximum Gasteiger partial charge on any atom is 0.125 e. The molecule has 1 heterocycles. The summed E-state index contributed by atoms with van der Waals surface area (Å²) in [5.41, 5.74) is 2.02. The lowest BCUT2D eigenvalue weighted by Crippen LogP contribution is -2.12. The van der Waals surface area contributed by atoms with Gasteiger partial charge in [0.15, 0.2) is 0 Å². The molecule has 0 amide bonds. The number of aromatic nitrogens is 1. The molecule has 0 fully saturated rings. The minimum Gasteiger partial charge on any atom is -0.492 e. The minimum atomic E-state index is -0.232. The van der Waals surface area contributed by atoms with Crippen LogP contribution in [0.15, 0.2) is 72.9 Å². The van der Waals surface area contributed by atoms with E-state index in [1.165, 1.54) is 12.1 Å². The molecule has 0 aliphatic rings. The van der Waals surface area contributed by atoms with Crippen LogP contribution in [0.3, 0.4) is 0 Å². The van der Waals surface area contributed by atoms with Crippen LogP contribution in [-0.4, -0.2) is 18.1 Å². The molecule has 5 heteroatoms. The quantitative estimate of drug-likeness (QED) is 0.601. The fraction of sp³-hybridized carbons (Fsp3) is 0.150. The number of pyridine rings is 1. The number of hydrogen-bond donors (Lipinski definition) is 2. The first-order valence-corrected chi connectivity index (χ1v) is 8.16. The lowest BCUT2D eigenvalue weighted by Gasteiger charge is -2.10. The number of nitrogens with zero attached hydrogens (tertiary/aromatic N) is 1. The first-order valence-electron chi connectivity index (χ1n) is 8.16. The van der Waals surface area contributed by atoms with Crippen molar-refractivity contribution in [3.05, 3.63) is 84.3 Å². The summed E-state index contributed by atoms with van der Waals surface area (Å²) in [4.78, 5) is 4.19. The summed E-state index contributed by atoms with van der Waals surface area (Å²) in [7, 11) is 0. The van der Waals surface area contributed by atoms with Crippen LogP contribution in [0.5, 0.6) is 5.75 Å². The highest BCUT2D eigenvalue weighted by Gasteiger charge is 1.98. The van der Waals surface area contributed by atoms with E-state index in [4.69, 9.17) is 4.74 Å². The number of anilines is 2. The van der Waals surface area contributed by atoms with E-state index >= 15 is 0 Å². The van der Waals surface area contributed by atoms with Gasteiger partial charge in [-0.1, -0.05) is 18.2 Å². The normalized spacial score (nSPS) is 10.3. The number of nitrogens with one attached hydrogen (secondary N) is 2. The first kappa shape index (κ1) is 16.8. The second-order valence-electron chi connectivity index (χ2n) is 5.49. The fourth-order valence-electron chi connectivity index (χ4n) is 2.29. The van der Waals surface area contributed by atoms with Crippen LogP contribution in [0, 0.1) is 5.82 Å². The summed E-state index contributed by atoms with van der Waals surface area (Å²) >= 11 is 0. The summed E-state index contributed by atoms with van der Waals surface area (Å²) in [5.74, 6) is 1.44. The average Bonchev–Trinajstić information content (AvgIpc) is 2.67. The predicted molar refractivity (Wildman–Crippen MR) is 98.4 cm³/mol. The Hall–Kier alpha value is -3.08. The average molecular weight is 337 g/mol. The van der Waals surface area contributed by atoms with E-state index in [0.29, 0.717) is 19.7 Å². The molecule has 0 aliphatic carbocycles. The lowest BCUT2D eigenvalue weighted by molar-refractivity contribution is 0.332. The Morgan fingerprint density at radius 3 is 2.40 bits per heavy atom. The van der Waals surface area contributed by atoms with Crippen molar-refractivity contribution in [1.82, 2.24) is 4.98 Å². The molecule has 25 heavy (non-hydrogen) atoms. The molecule has 3 rings (SSSR count). The largest absolute Gasteiger partial charge is 0.492 e. The highest BCUT2D eigenvalue weighted by atomic mass is 19.1. The van der Waals surface area contributed by atoms with Crippen molar-refractivity contribution < 1.29 is 9.13 Å². The number of halogens is 1. The molecule has 0 spiro atoms. The molecule has 0 radical (unpaired) electrons. The molecular weight excluding hydrogens is 317 g/mol. The molecule has 0 saturated carbocycles. The SMILES string of the molecule is Fc1ccc(NCc2ccc(OCCNc3ccccn3)cc2)cc1. The van der Waals surface area contributed by atoms with Gasteiger partial charge in [-0.15, -0.1) is 0 Å². The maximum absolute atomic E-state index is 12.9. The van der Waals surface area contributed by atoms with Crippen molar-refractivity contribution in [3.63, 3.8) is 0 Å². The summed E-state index contributed by atoms with van der Waals surface area (Å²) in [6.45, 7) is 1.92. The molecule has 0 atom stereocenters. The summed E-state index contributed by atoms with van der Waals surface area (Å²) < 4.78 is 18.6. The molecule has 0 saturated heterocycles. The number of rotatable bonds is 8. The Balaban J connectivity index is 1.40. The molecular formula is C20H20FN3O. The molecule has 3 aromatic rings. The Bertz CT molecular complexity index is 761. The zero-order valence-electron chi connectivity index (χ0n) is 13.8. The third-order valence-electron chi connectivity index (χ3n) is 3.61. The van der Waals surface area contributed by atoms with E-state index in [2.05, 4.69) is 15.6 Å². The van der Waals surface area contributed by atoms with Crippen molar-refractivity contribution >= 4 is 11.5 Å². The molecule has 1 aromatic heterocycles. The van der Waals surface area contributed by atoms with Crippen molar-refractivity contribution in [1.29, 1.82) is 0 Å². The molecule has 0 bridgehead atoms. The highest BCUT2D eigenvalue weighted by molar-refractivity contribution is 5.43. The van der Waals surface area contributed by atoms with E-state index in [0.717, 1.165) is 22.8 Å². The lowest BCUT2D eigenvalue weighted by atomic mass is 10.2. The maximum atomic E-state index is 12.9. The van der Waals surface area contributed by atoms with Crippen molar-refractivity contribution in [3.8, 4) is 5.75 Å². The topological polar surface area (TPSA) is 46.2 Å². The zero-order chi connectivity index (χ0) is 17.3. The fourth-order valence-corrected chi connectivity index (χ4v) is 2.29. The Kier molecular flexibility index (Phi) is 5.82. The number of ether oxygens (including phenoxy) is 1. The highest BCUT2D eigenvalue weighted by Crippen LogP contribution is 2.14. The number of benzene rings is 2. The summed E-state index contributed by atoms with van der Waals surface area (Å²) in [6.07, 6.45) is 1.75. The second kappa shape index (κ2) is 8.68. The van der Waals surface area contributed by atoms with Crippen LogP contribution in [0.2, 0.25) is 0 Å². The van der Waals surface area contributed by atoms with Gasteiger partial charge in [-0.25, -0.2) is 9.37 Å². The van der Waals surface area contributed by atoms with Crippen LogP contribution < -0.4 is 15.4 Å². The monoisotopic (exact) mass is 337 g/mol. The predicted octanol–water partition coefficient (Wildman–Crippen LogP) is 4.32. The van der Waals surface area contributed by atoms with Crippen LogP contribution in [0.25, 0.3) is 0 Å². The van der Waals surface area contributed by atoms with Gasteiger partial charge >= 0.3 is 0 Å². The van der Waals surface area contributed by atoms with Gasteiger partial charge in [-0.2, -0.15) is 0 Å². The van der Waals surface area contributed by atoms with Crippen LogP contribution in [0.1, 0.15) is 5.56 Å². The van der Waals surface area contributed by atoms with E-state index in [9.17, 15) is 4.39 Å². The molecule has 128 valence electrons. The summed E-state index contributed by atoms with van der Waals surface area (Å²) in [6, 6.07) is 20.0. The number of hydrogen-bond acceptors (Lipinski definition) is 4. The zero-order valence-corrected chi connectivity index (χ0v) is 13.8. The third-order valence-corrected chi connectivity index (χ3v) is 3.61. The smallest absolute Gasteiger partial charge is 0.125 e. The molecule has 0 aliphatic heterocycles. The van der Waals surface area contributed by atoms with Gasteiger partial charge in [0.05, 0.1) is 6.54 Å². The van der Waals surface area contributed by atoms with Crippen LogP contribution in [-0.2, 0) is 6.54 Å². The Morgan fingerprint density at radius 2 is 1.68 bits per heavy atom. The standard InChI is InChI=1S/C20H20FN3O/c21-17-6-8-18(9-7-17)24-15-16-4-10-19(11-5-16)25-14-13-23-20-3-1-2-12-22-20/h1-12,24H,13-15H2,(H,22,23). The third kappa shape index (κ3) is 5.49. The van der Waals surface area contributed by atoms with E-state index < -0.39 is 0 Å². The van der Waals surface area contributed by atoms with Gasteiger partial charge in [0.25, 0.3) is 0 Å². The first-order chi connectivity index (χ1) is 12.3. The van der Waals surface area contributed by atoms with Crippen molar-refractivity contribution in [2.24, 2.45) is 0 Å². The van der Waals surface area contributed by atoms with Crippen molar-refractivity contribution in [2.75, 3.05) is 23.8 Å². The van der Waals surface area contributed by atoms with Gasteiger partial charge in [-0.05, 0) is 54.1 Å². The molecule has 4 nitrogen and oxygen atoms in total. The van der Waals surface area contributed by atoms with Crippen LogP contribution in [0.4, 0.5) is 15.9 Å².